The van der Waals surface area contributed by atoms with Gasteiger partial charge in [0.1, 0.15) is 28.7 Å². The number of urea groups is 1. The lowest BCUT2D eigenvalue weighted by molar-refractivity contribution is -0.0805. The number of carbonyl (C=O) groups is 1. The van der Waals surface area contributed by atoms with Crippen LogP contribution in [0.5, 0.6) is 0 Å². The molecule has 1 aliphatic rings. The van der Waals surface area contributed by atoms with Crippen molar-refractivity contribution in [3.05, 3.63) is 71.3 Å². The van der Waals surface area contributed by atoms with Gasteiger partial charge in [-0.3, -0.25) is 4.84 Å². The Labute approximate surface area is 200 Å². The molecule has 1 heterocycles. The van der Waals surface area contributed by atoms with Crippen LogP contribution in [-0.4, -0.2) is 54.9 Å². The molecule has 2 aromatic rings. The third kappa shape index (κ3) is 5.39. The fourth-order valence-corrected chi connectivity index (χ4v) is 4.84. The van der Waals surface area contributed by atoms with Gasteiger partial charge in [0.05, 0.1) is 7.11 Å². The number of rotatable bonds is 8. The van der Waals surface area contributed by atoms with Crippen molar-refractivity contribution in [3.63, 3.8) is 0 Å². The fraction of sp³-hybridized carbons (Fsp3) is 0.318. The average Bonchev–Trinajstić information content (AvgIpc) is 3.23. The van der Waals surface area contributed by atoms with Crippen LogP contribution in [0.2, 0.25) is 0 Å². The normalized spacial score (nSPS) is 18.0. The van der Waals surface area contributed by atoms with E-state index in [-0.39, 0.29) is 16.6 Å². The molecule has 12 heteroatoms. The number of guanidine groups is 1. The number of thioether (sulfide) groups is 1. The Morgan fingerprint density at radius 1 is 1.26 bits per heavy atom. The van der Waals surface area contributed by atoms with Crippen LogP contribution < -0.4 is 11.1 Å². The van der Waals surface area contributed by atoms with E-state index in [1.54, 1.807) is 0 Å². The predicted molar refractivity (Wildman–Crippen MR) is 126 cm³/mol. The molecule has 2 amide bonds. The van der Waals surface area contributed by atoms with Crippen LogP contribution in [0.1, 0.15) is 24.0 Å². The Morgan fingerprint density at radius 2 is 2.00 bits per heavy atom. The number of nitrogens with one attached hydrogen (secondary N) is 1. The molecule has 0 saturated heterocycles. The smallest absolute Gasteiger partial charge is 0.365 e. The van der Waals surface area contributed by atoms with Crippen molar-refractivity contribution < 1.29 is 23.3 Å². The zero-order valence-corrected chi connectivity index (χ0v) is 19.8. The molecule has 1 aliphatic heterocycles. The van der Waals surface area contributed by atoms with E-state index in [0.29, 0.717) is 19.4 Å². The van der Waals surface area contributed by atoms with E-state index in [9.17, 15) is 13.6 Å². The fourth-order valence-electron chi connectivity index (χ4n) is 3.43. The number of hydrazone groups is 1. The first-order valence-electron chi connectivity index (χ1n) is 10.3. The number of hydrogen-bond acceptors (Lipinski definition) is 6. The van der Waals surface area contributed by atoms with Crippen molar-refractivity contribution in [2.75, 3.05) is 27.8 Å². The number of halogens is 2. The molecule has 0 bridgehead atoms. The number of hydrogen-bond donors (Lipinski definition) is 2. The van der Waals surface area contributed by atoms with E-state index in [4.69, 9.17) is 10.6 Å². The molecule has 9 nitrogen and oxygen atoms in total. The summed E-state index contributed by atoms with van der Waals surface area (Å²) in [5, 5.41) is 13.4. The summed E-state index contributed by atoms with van der Waals surface area (Å²) in [5.41, 5.74) is 6.43. The molecule has 2 aromatic carbocycles. The summed E-state index contributed by atoms with van der Waals surface area (Å²) < 4.78 is 28.6. The third-order valence-corrected chi connectivity index (χ3v) is 6.54. The Hall–Kier alpha value is -3.38. The second-order valence-electron chi connectivity index (χ2n) is 7.25. The van der Waals surface area contributed by atoms with Crippen molar-refractivity contribution in [2.45, 2.75) is 17.7 Å². The van der Waals surface area contributed by atoms with Gasteiger partial charge < -0.3 is 15.9 Å². The van der Waals surface area contributed by atoms with E-state index in [1.807, 2.05) is 30.3 Å². The topological polar surface area (TPSA) is 105 Å². The monoisotopic (exact) mass is 492 g/mol. The minimum atomic E-state index is -1.06. The van der Waals surface area contributed by atoms with Crippen LogP contribution >= 0.6 is 11.8 Å². The van der Waals surface area contributed by atoms with E-state index in [0.717, 1.165) is 28.8 Å². The van der Waals surface area contributed by atoms with Crippen LogP contribution in [0.25, 0.3) is 0 Å². The Bertz CT molecular complexity index is 1070. The average molecular weight is 493 g/mol. The van der Waals surface area contributed by atoms with Crippen molar-refractivity contribution in [2.24, 2.45) is 16.0 Å². The Morgan fingerprint density at radius 3 is 2.68 bits per heavy atom. The highest BCUT2D eigenvalue weighted by Gasteiger charge is 2.49. The maximum Gasteiger partial charge on any atom is 0.365 e. The number of amides is 2. The van der Waals surface area contributed by atoms with Gasteiger partial charge in [0, 0.05) is 19.2 Å². The lowest BCUT2D eigenvalue weighted by Crippen LogP contribution is -2.47. The molecule has 182 valence electrons. The van der Waals surface area contributed by atoms with Crippen LogP contribution in [0.15, 0.2) is 58.8 Å². The maximum atomic E-state index is 14.6. The number of oxime groups is 1. The number of nitrogens with zero attached hydrogens (tertiary/aromatic N) is 4. The summed E-state index contributed by atoms with van der Waals surface area (Å²) in [4.78, 5) is 22.0. The summed E-state index contributed by atoms with van der Waals surface area (Å²) in [5.74, 6) is -1.14. The van der Waals surface area contributed by atoms with Gasteiger partial charge in [0.15, 0.2) is 0 Å². The van der Waals surface area contributed by atoms with E-state index in [1.165, 1.54) is 38.0 Å². The first-order valence-corrected chi connectivity index (χ1v) is 11.1. The Kier molecular flexibility index (Phi) is 8.29. The van der Waals surface area contributed by atoms with Gasteiger partial charge in [-0.05, 0) is 41.8 Å². The SMILES string of the molecule is CO/N=C(/N)NCCCC1(c2ccccc2)SC(c2cc(F)ccc2F)=NN1C(=O)N(C)OC. The second kappa shape index (κ2) is 11.2. The highest BCUT2D eigenvalue weighted by Crippen LogP contribution is 2.50. The van der Waals surface area contributed by atoms with Crippen LogP contribution in [0.4, 0.5) is 13.6 Å². The van der Waals surface area contributed by atoms with Crippen molar-refractivity contribution in [1.82, 2.24) is 15.4 Å². The van der Waals surface area contributed by atoms with E-state index in [2.05, 4.69) is 20.4 Å². The lowest BCUT2D eigenvalue weighted by Gasteiger charge is -2.37. The first-order chi connectivity index (χ1) is 16.3. The van der Waals surface area contributed by atoms with Crippen LogP contribution in [0.3, 0.4) is 0 Å². The summed E-state index contributed by atoms with van der Waals surface area (Å²) >= 11 is 1.17. The van der Waals surface area contributed by atoms with Crippen molar-refractivity contribution in [1.29, 1.82) is 0 Å². The quantitative estimate of drug-likeness (QED) is 0.253. The van der Waals surface area contributed by atoms with Gasteiger partial charge >= 0.3 is 6.03 Å². The zero-order valence-electron chi connectivity index (χ0n) is 19.0. The molecule has 3 rings (SSSR count). The standard InChI is InChI=1S/C22H26F2N6O3S/c1-29(33-3)21(31)30-22(15-8-5-4-6-9-15,12-7-13-26-20(25)28-32-2)34-19(27-30)17-14-16(23)10-11-18(17)24/h4-6,8-11,14H,7,12-13H2,1-3H3,(H3,25,26,28). The molecule has 0 saturated carbocycles. The summed E-state index contributed by atoms with van der Waals surface area (Å²) in [6.45, 7) is 0.416. The molecule has 1 unspecified atom stereocenters. The second-order valence-corrected chi connectivity index (χ2v) is 8.51. The van der Waals surface area contributed by atoms with Gasteiger partial charge in [0.25, 0.3) is 0 Å². The third-order valence-electron chi connectivity index (χ3n) is 5.09. The number of benzene rings is 2. The molecule has 3 N–H and O–H groups in total. The van der Waals surface area contributed by atoms with Crippen molar-refractivity contribution >= 4 is 28.8 Å². The van der Waals surface area contributed by atoms with Crippen LogP contribution in [-0.2, 0) is 14.5 Å². The molecule has 34 heavy (non-hydrogen) atoms. The number of nitrogens with two attached hydrogens (primary N) is 1. The van der Waals surface area contributed by atoms with E-state index >= 15 is 0 Å². The molecule has 0 spiro atoms. The van der Waals surface area contributed by atoms with Gasteiger partial charge in [-0.25, -0.2) is 18.6 Å². The minimum Gasteiger partial charge on any atom is -0.396 e. The van der Waals surface area contributed by atoms with Gasteiger partial charge in [-0.1, -0.05) is 42.1 Å². The number of hydroxylamine groups is 2. The zero-order chi connectivity index (χ0) is 24.7. The predicted octanol–water partition coefficient (Wildman–Crippen LogP) is 3.39. The highest BCUT2D eigenvalue weighted by molar-refractivity contribution is 8.15. The molecule has 0 fully saturated rings. The molecule has 0 radical (unpaired) electrons. The van der Waals surface area contributed by atoms with E-state index < -0.39 is 22.5 Å². The summed E-state index contributed by atoms with van der Waals surface area (Å²) in [6, 6.07) is 11.8. The molecular weight excluding hydrogens is 466 g/mol. The van der Waals surface area contributed by atoms with Gasteiger partial charge in [0.2, 0.25) is 5.96 Å². The maximum absolute atomic E-state index is 14.6. The van der Waals surface area contributed by atoms with Gasteiger partial charge in [-0.2, -0.15) is 10.1 Å². The van der Waals surface area contributed by atoms with Crippen LogP contribution in [0, 0.1) is 11.6 Å². The lowest BCUT2D eigenvalue weighted by atomic mass is 10.0. The molecule has 1 atom stereocenters. The molecular formula is C22H26F2N6O3S. The highest BCUT2D eigenvalue weighted by atomic mass is 32.2. The summed E-state index contributed by atoms with van der Waals surface area (Å²) in [6.07, 6.45) is 0.916. The minimum absolute atomic E-state index is 0.0322. The largest absolute Gasteiger partial charge is 0.396 e. The van der Waals surface area contributed by atoms with Crippen molar-refractivity contribution in [3.8, 4) is 0 Å². The number of carbonyl (C=O) groups excluding carboxylic acids is 1. The molecule has 0 aromatic heterocycles. The van der Waals surface area contributed by atoms with Gasteiger partial charge in [-0.15, -0.1) is 0 Å². The Balaban J connectivity index is 2.03. The molecule has 0 aliphatic carbocycles. The summed E-state index contributed by atoms with van der Waals surface area (Å²) in [7, 11) is 4.18. The first kappa shape index (κ1) is 25.2.